The van der Waals surface area contributed by atoms with Crippen molar-refractivity contribution < 1.29 is 19.1 Å². The molecule has 1 fully saturated rings. The summed E-state index contributed by atoms with van der Waals surface area (Å²) in [6.45, 7) is 5.09. The van der Waals surface area contributed by atoms with Crippen LogP contribution in [0.25, 0.3) is 0 Å². The molecule has 29 heavy (non-hydrogen) atoms. The van der Waals surface area contributed by atoms with Crippen molar-refractivity contribution in [3.63, 3.8) is 0 Å². The van der Waals surface area contributed by atoms with E-state index in [1.165, 1.54) is 11.3 Å². The van der Waals surface area contributed by atoms with Gasteiger partial charge in [-0.25, -0.2) is 4.98 Å². The molecular formula is C21H25N3O4S. The van der Waals surface area contributed by atoms with E-state index in [1.807, 2.05) is 31.2 Å². The minimum Gasteiger partial charge on any atom is -0.466 e. The smallest absolute Gasteiger partial charge is 0.311 e. The second kappa shape index (κ2) is 9.65. The van der Waals surface area contributed by atoms with E-state index in [9.17, 15) is 14.4 Å². The zero-order chi connectivity index (χ0) is 20.8. The number of carbonyl (C=O) groups is 3. The Morgan fingerprint density at radius 1 is 1.28 bits per heavy atom. The number of likely N-dealkylation sites (tertiary alicyclic amines) is 1. The van der Waals surface area contributed by atoms with Crippen molar-refractivity contribution in [2.75, 3.05) is 25.0 Å². The molecule has 1 aromatic carbocycles. The second-order valence-corrected chi connectivity index (χ2v) is 7.93. The lowest BCUT2D eigenvalue weighted by molar-refractivity contribution is -0.142. The maximum Gasteiger partial charge on any atom is 0.311 e. The van der Waals surface area contributed by atoms with E-state index in [1.54, 1.807) is 17.2 Å². The summed E-state index contributed by atoms with van der Waals surface area (Å²) in [4.78, 5) is 43.0. The molecule has 1 aromatic heterocycles. The number of nitrogens with zero attached hydrogens (tertiary/aromatic N) is 2. The average molecular weight is 416 g/mol. The summed E-state index contributed by atoms with van der Waals surface area (Å²) in [5, 5.41) is 5.01. The zero-order valence-electron chi connectivity index (χ0n) is 16.6. The van der Waals surface area contributed by atoms with E-state index in [-0.39, 0.29) is 30.1 Å². The molecule has 1 aliphatic heterocycles. The maximum atomic E-state index is 12.7. The Hall–Kier alpha value is -2.74. The molecule has 0 bridgehead atoms. The first-order valence-corrected chi connectivity index (χ1v) is 10.6. The molecule has 0 radical (unpaired) electrons. The molecule has 0 saturated carbocycles. The highest BCUT2D eigenvalue weighted by Crippen LogP contribution is 2.22. The zero-order valence-corrected chi connectivity index (χ0v) is 17.5. The first-order valence-electron chi connectivity index (χ1n) is 9.73. The molecule has 0 aliphatic carbocycles. The lowest BCUT2D eigenvalue weighted by Gasteiger charge is -2.32. The van der Waals surface area contributed by atoms with Crippen molar-refractivity contribution in [2.24, 2.45) is 5.92 Å². The molecule has 3 rings (SSSR count). The van der Waals surface area contributed by atoms with Crippen LogP contribution in [0.2, 0.25) is 0 Å². The number of rotatable bonds is 6. The maximum absolute atomic E-state index is 12.7. The summed E-state index contributed by atoms with van der Waals surface area (Å²) >= 11 is 1.28. The predicted molar refractivity (Wildman–Crippen MR) is 111 cm³/mol. The van der Waals surface area contributed by atoms with Crippen LogP contribution in [-0.4, -0.2) is 47.4 Å². The summed E-state index contributed by atoms with van der Waals surface area (Å²) in [7, 11) is 0. The molecule has 7 nitrogen and oxygen atoms in total. The molecule has 1 saturated heterocycles. The van der Waals surface area contributed by atoms with Crippen LogP contribution in [0.5, 0.6) is 0 Å². The minimum absolute atomic E-state index is 0.0477. The number of amides is 2. The molecule has 2 aromatic rings. The largest absolute Gasteiger partial charge is 0.466 e. The quantitative estimate of drug-likeness (QED) is 0.733. The lowest BCUT2D eigenvalue weighted by atomic mass is 9.96. The molecule has 1 N–H and O–H groups in total. The second-order valence-electron chi connectivity index (χ2n) is 7.07. The molecular weight excluding hydrogens is 390 g/mol. The Morgan fingerprint density at radius 2 is 2.03 bits per heavy atom. The minimum atomic E-state index is -0.340. The Kier molecular flexibility index (Phi) is 6.98. The van der Waals surface area contributed by atoms with Gasteiger partial charge in [0, 0.05) is 24.0 Å². The Morgan fingerprint density at radius 3 is 2.76 bits per heavy atom. The van der Waals surface area contributed by atoms with Crippen LogP contribution in [0.1, 0.15) is 41.4 Å². The van der Waals surface area contributed by atoms with Gasteiger partial charge in [0.15, 0.2) is 5.13 Å². The van der Waals surface area contributed by atoms with E-state index in [0.717, 1.165) is 18.4 Å². The molecule has 154 valence electrons. The Labute approximate surface area is 174 Å². The van der Waals surface area contributed by atoms with E-state index in [0.29, 0.717) is 36.1 Å². The van der Waals surface area contributed by atoms with Crippen LogP contribution in [0, 0.1) is 12.8 Å². The number of piperidine rings is 1. The fourth-order valence-electron chi connectivity index (χ4n) is 3.27. The van der Waals surface area contributed by atoms with Gasteiger partial charge in [0.1, 0.15) is 0 Å². The number of aryl methyl sites for hydroxylation is 1. The highest BCUT2D eigenvalue weighted by atomic mass is 32.1. The molecule has 1 aliphatic rings. The molecule has 2 amide bonds. The number of ether oxygens (including phenoxy) is 1. The van der Waals surface area contributed by atoms with E-state index < -0.39 is 0 Å². The standard InChI is InChI=1S/C21H25N3O4S/c1-3-28-18(25)11-17-13-29-21(22-17)23-19(26)16-5-4-10-24(12-16)20(27)15-8-6-14(2)7-9-15/h6-9,13,16H,3-5,10-12H2,1-2H3,(H,22,23,26). The van der Waals surface area contributed by atoms with Crippen molar-refractivity contribution >= 4 is 34.3 Å². The monoisotopic (exact) mass is 415 g/mol. The van der Waals surface area contributed by atoms with Gasteiger partial charge in [-0.1, -0.05) is 17.7 Å². The van der Waals surface area contributed by atoms with Crippen molar-refractivity contribution in [1.29, 1.82) is 0 Å². The van der Waals surface area contributed by atoms with Crippen molar-refractivity contribution in [3.8, 4) is 0 Å². The van der Waals surface area contributed by atoms with Crippen molar-refractivity contribution in [2.45, 2.75) is 33.1 Å². The third-order valence-corrected chi connectivity index (χ3v) is 5.60. The highest BCUT2D eigenvalue weighted by molar-refractivity contribution is 7.13. The fraction of sp³-hybridized carbons (Fsp3) is 0.429. The van der Waals surface area contributed by atoms with Crippen molar-refractivity contribution in [3.05, 3.63) is 46.5 Å². The van der Waals surface area contributed by atoms with E-state index >= 15 is 0 Å². The van der Waals surface area contributed by atoms with Gasteiger partial charge >= 0.3 is 5.97 Å². The van der Waals surface area contributed by atoms with Gasteiger partial charge in [-0.15, -0.1) is 11.3 Å². The van der Waals surface area contributed by atoms with E-state index in [4.69, 9.17) is 4.74 Å². The predicted octanol–water partition coefficient (Wildman–Crippen LogP) is 3.05. The van der Waals surface area contributed by atoms with Crippen LogP contribution >= 0.6 is 11.3 Å². The van der Waals surface area contributed by atoms with Crippen LogP contribution in [0.15, 0.2) is 29.6 Å². The summed E-state index contributed by atoms with van der Waals surface area (Å²) in [6, 6.07) is 7.47. The van der Waals surface area contributed by atoms with Gasteiger partial charge in [-0.05, 0) is 38.8 Å². The van der Waals surface area contributed by atoms with Gasteiger partial charge < -0.3 is 15.0 Å². The van der Waals surface area contributed by atoms with Gasteiger partial charge in [-0.3, -0.25) is 14.4 Å². The average Bonchev–Trinajstić information content (AvgIpc) is 3.15. The Balaban J connectivity index is 1.57. The Bertz CT molecular complexity index is 878. The first kappa shape index (κ1) is 21.0. The summed E-state index contributed by atoms with van der Waals surface area (Å²) in [5.41, 5.74) is 2.31. The normalized spacial score (nSPS) is 16.3. The summed E-state index contributed by atoms with van der Waals surface area (Å²) < 4.78 is 4.91. The number of hydrogen-bond donors (Lipinski definition) is 1. The van der Waals surface area contributed by atoms with Crippen molar-refractivity contribution in [1.82, 2.24) is 9.88 Å². The SMILES string of the molecule is CCOC(=O)Cc1csc(NC(=O)C2CCCN(C(=O)c3ccc(C)cc3)C2)n1. The fourth-order valence-corrected chi connectivity index (χ4v) is 3.98. The third-order valence-electron chi connectivity index (χ3n) is 4.79. The third kappa shape index (κ3) is 5.63. The lowest BCUT2D eigenvalue weighted by Crippen LogP contribution is -2.43. The van der Waals surface area contributed by atoms with Crippen LogP contribution in [-0.2, 0) is 20.7 Å². The molecule has 8 heteroatoms. The molecule has 1 unspecified atom stereocenters. The van der Waals surface area contributed by atoms with Crippen LogP contribution < -0.4 is 5.32 Å². The van der Waals surface area contributed by atoms with Crippen LogP contribution in [0.3, 0.4) is 0 Å². The molecule has 2 heterocycles. The molecule has 0 spiro atoms. The van der Waals surface area contributed by atoms with Crippen LogP contribution in [0.4, 0.5) is 5.13 Å². The number of anilines is 1. The number of esters is 1. The summed E-state index contributed by atoms with van der Waals surface area (Å²) in [5.74, 6) is -0.819. The summed E-state index contributed by atoms with van der Waals surface area (Å²) in [6.07, 6.45) is 1.59. The van der Waals surface area contributed by atoms with Gasteiger partial charge in [0.2, 0.25) is 5.91 Å². The number of nitrogens with one attached hydrogen (secondary N) is 1. The first-order chi connectivity index (χ1) is 14.0. The van der Waals surface area contributed by atoms with Gasteiger partial charge in [0.05, 0.1) is 24.6 Å². The number of carbonyl (C=O) groups excluding carboxylic acids is 3. The number of aromatic nitrogens is 1. The molecule has 1 atom stereocenters. The topological polar surface area (TPSA) is 88.6 Å². The number of hydrogen-bond acceptors (Lipinski definition) is 6. The van der Waals surface area contributed by atoms with Gasteiger partial charge in [0.25, 0.3) is 5.91 Å². The number of benzene rings is 1. The number of thiazole rings is 1. The highest BCUT2D eigenvalue weighted by Gasteiger charge is 2.29. The van der Waals surface area contributed by atoms with Gasteiger partial charge in [-0.2, -0.15) is 0 Å². The van der Waals surface area contributed by atoms with E-state index in [2.05, 4.69) is 10.3 Å².